The summed E-state index contributed by atoms with van der Waals surface area (Å²) < 4.78 is 1.16. The van der Waals surface area contributed by atoms with Crippen LogP contribution in [0, 0.1) is 17.2 Å². The average molecular weight is 334 g/mol. The lowest BCUT2D eigenvalue weighted by molar-refractivity contribution is -0.120. The molecule has 0 unspecified atom stereocenters. The van der Waals surface area contributed by atoms with E-state index in [1.165, 1.54) is 0 Å². The number of anilines is 2. The fraction of sp³-hybridized carbons (Fsp3) is 0.167. The first kappa shape index (κ1) is 14.7. The molecule has 118 valence electrons. The normalized spacial score (nSPS) is 14.2. The number of carbonyl (C=O) groups is 1. The number of thiazole rings is 1. The van der Waals surface area contributed by atoms with Crippen LogP contribution in [0.1, 0.15) is 5.56 Å². The van der Waals surface area contributed by atoms with Gasteiger partial charge in [-0.3, -0.25) is 4.79 Å². The predicted molar refractivity (Wildman–Crippen MR) is 95.1 cm³/mol. The molecule has 0 bridgehead atoms. The summed E-state index contributed by atoms with van der Waals surface area (Å²) >= 11 is 1.66. The van der Waals surface area contributed by atoms with Gasteiger partial charge in [0.2, 0.25) is 5.91 Å². The van der Waals surface area contributed by atoms with Crippen molar-refractivity contribution in [1.29, 1.82) is 5.26 Å². The van der Waals surface area contributed by atoms with E-state index in [9.17, 15) is 4.79 Å². The minimum atomic E-state index is -0.0346. The number of benzene rings is 2. The Morgan fingerprint density at radius 2 is 1.96 bits per heavy atom. The van der Waals surface area contributed by atoms with Gasteiger partial charge < -0.3 is 10.2 Å². The molecular formula is C18H14N4OS. The lowest BCUT2D eigenvalue weighted by Gasteiger charge is -2.37. The lowest BCUT2D eigenvalue weighted by Crippen LogP contribution is -2.52. The van der Waals surface area contributed by atoms with Gasteiger partial charge in [-0.15, -0.1) is 0 Å². The Labute approximate surface area is 143 Å². The van der Waals surface area contributed by atoms with Crippen LogP contribution in [0.3, 0.4) is 0 Å². The van der Waals surface area contributed by atoms with Crippen molar-refractivity contribution < 1.29 is 4.79 Å². The average Bonchev–Trinajstić information content (AvgIpc) is 2.97. The van der Waals surface area contributed by atoms with E-state index in [1.54, 1.807) is 35.6 Å². The van der Waals surface area contributed by atoms with Gasteiger partial charge in [-0.2, -0.15) is 5.26 Å². The van der Waals surface area contributed by atoms with Crippen molar-refractivity contribution in [3.8, 4) is 6.07 Å². The van der Waals surface area contributed by atoms with Gasteiger partial charge in [0.15, 0.2) is 5.13 Å². The molecule has 4 rings (SSSR count). The molecule has 24 heavy (non-hydrogen) atoms. The molecule has 0 saturated carbocycles. The summed E-state index contributed by atoms with van der Waals surface area (Å²) in [7, 11) is 0. The fourth-order valence-corrected chi connectivity index (χ4v) is 3.65. The van der Waals surface area contributed by atoms with Crippen LogP contribution in [0.5, 0.6) is 0 Å². The molecule has 2 heterocycles. The Morgan fingerprint density at radius 3 is 2.67 bits per heavy atom. The summed E-state index contributed by atoms with van der Waals surface area (Å²) in [6.07, 6.45) is 0. The van der Waals surface area contributed by atoms with E-state index in [2.05, 4.69) is 27.3 Å². The zero-order chi connectivity index (χ0) is 16.5. The minimum absolute atomic E-state index is 0.0112. The van der Waals surface area contributed by atoms with Crippen LogP contribution >= 0.6 is 11.3 Å². The van der Waals surface area contributed by atoms with Gasteiger partial charge in [-0.1, -0.05) is 23.5 Å². The highest BCUT2D eigenvalue weighted by Crippen LogP contribution is 2.33. The van der Waals surface area contributed by atoms with Crippen LogP contribution in [-0.4, -0.2) is 24.0 Å². The van der Waals surface area contributed by atoms with Crippen molar-refractivity contribution in [2.24, 2.45) is 5.92 Å². The molecule has 2 aromatic carbocycles. The molecule has 5 nitrogen and oxygen atoms in total. The van der Waals surface area contributed by atoms with Gasteiger partial charge in [0.05, 0.1) is 27.8 Å². The highest BCUT2D eigenvalue weighted by Gasteiger charge is 2.34. The van der Waals surface area contributed by atoms with Crippen molar-refractivity contribution in [1.82, 2.24) is 4.98 Å². The molecule has 3 aromatic rings. The second-order valence-corrected chi connectivity index (χ2v) is 6.75. The topological polar surface area (TPSA) is 69.0 Å². The number of nitrogens with zero attached hydrogens (tertiary/aromatic N) is 3. The molecule has 1 N–H and O–H groups in total. The number of amides is 1. The van der Waals surface area contributed by atoms with Crippen molar-refractivity contribution in [3.63, 3.8) is 0 Å². The number of nitrogens with one attached hydrogen (secondary N) is 1. The number of nitriles is 1. The summed E-state index contributed by atoms with van der Waals surface area (Å²) in [4.78, 5) is 19.0. The highest BCUT2D eigenvalue weighted by molar-refractivity contribution is 7.22. The first-order valence-corrected chi connectivity index (χ1v) is 8.46. The number of para-hydroxylation sites is 1. The van der Waals surface area contributed by atoms with Crippen molar-refractivity contribution >= 4 is 38.3 Å². The van der Waals surface area contributed by atoms with E-state index in [1.807, 2.05) is 18.2 Å². The summed E-state index contributed by atoms with van der Waals surface area (Å²) in [6.45, 7) is 1.36. The monoisotopic (exact) mass is 334 g/mol. The van der Waals surface area contributed by atoms with Crippen molar-refractivity contribution in [3.05, 3.63) is 54.1 Å². The standard InChI is InChI=1S/C18H14N4OS/c19-9-12-5-7-14(8-6-12)20-17(23)13-10-22(11-13)18-21-15-3-1-2-4-16(15)24-18/h1-8,13H,10-11H2,(H,20,23). The Hall–Kier alpha value is -2.91. The van der Waals surface area contributed by atoms with Crippen molar-refractivity contribution in [2.75, 3.05) is 23.3 Å². The molecule has 1 aliphatic rings. The molecule has 6 heteroatoms. The van der Waals surface area contributed by atoms with Gasteiger partial charge in [-0.05, 0) is 36.4 Å². The van der Waals surface area contributed by atoms with Crippen LogP contribution in [0.2, 0.25) is 0 Å². The Balaban J connectivity index is 1.37. The lowest BCUT2D eigenvalue weighted by atomic mass is 10.00. The second-order valence-electron chi connectivity index (χ2n) is 5.74. The van der Waals surface area contributed by atoms with Crippen LogP contribution in [0.4, 0.5) is 10.8 Å². The van der Waals surface area contributed by atoms with E-state index in [-0.39, 0.29) is 11.8 Å². The second kappa shape index (κ2) is 5.95. The van der Waals surface area contributed by atoms with Crippen LogP contribution in [0.25, 0.3) is 10.2 Å². The zero-order valence-electron chi connectivity index (χ0n) is 12.8. The van der Waals surface area contributed by atoms with Gasteiger partial charge in [0, 0.05) is 18.8 Å². The molecule has 1 amide bonds. The third-order valence-corrected chi connectivity index (χ3v) is 5.18. The van der Waals surface area contributed by atoms with E-state index >= 15 is 0 Å². The largest absolute Gasteiger partial charge is 0.346 e. The summed E-state index contributed by atoms with van der Waals surface area (Å²) in [5.74, 6) is -0.0234. The fourth-order valence-electron chi connectivity index (χ4n) is 2.67. The molecule has 1 fully saturated rings. The number of hydrogen-bond acceptors (Lipinski definition) is 5. The molecular weight excluding hydrogens is 320 g/mol. The molecule has 0 atom stereocenters. The summed E-state index contributed by atoms with van der Waals surface area (Å²) in [6, 6.07) is 17.0. The molecule has 0 spiro atoms. The maximum Gasteiger partial charge on any atom is 0.231 e. The third-order valence-electron chi connectivity index (χ3n) is 4.09. The number of rotatable bonds is 3. The van der Waals surface area contributed by atoms with Crippen LogP contribution < -0.4 is 10.2 Å². The van der Waals surface area contributed by atoms with Crippen molar-refractivity contribution in [2.45, 2.75) is 0 Å². The van der Waals surface area contributed by atoms with Gasteiger partial charge in [0.25, 0.3) is 0 Å². The third kappa shape index (κ3) is 2.70. The van der Waals surface area contributed by atoms with E-state index in [4.69, 9.17) is 5.26 Å². The first-order chi connectivity index (χ1) is 11.7. The van der Waals surface area contributed by atoms with E-state index in [0.29, 0.717) is 18.7 Å². The first-order valence-electron chi connectivity index (χ1n) is 7.64. The summed E-state index contributed by atoms with van der Waals surface area (Å²) in [5.41, 5.74) is 2.30. The molecule has 0 radical (unpaired) electrons. The number of carbonyl (C=O) groups excluding carboxylic acids is 1. The van der Waals surface area contributed by atoms with Gasteiger partial charge >= 0.3 is 0 Å². The molecule has 0 aliphatic carbocycles. The Bertz CT molecular complexity index is 903. The maximum absolute atomic E-state index is 12.3. The van der Waals surface area contributed by atoms with Gasteiger partial charge in [-0.25, -0.2) is 4.98 Å². The SMILES string of the molecule is N#Cc1ccc(NC(=O)C2CN(c3nc4ccccc4s3)C2)cc1. The van der Waals surface area contributed by atoms with Crippen LogP contribution in [0.15, 0.2) is 48.5 Å². The smallest absolute Gasteiger partial charge is 0.231 e. The van der Waals surface area contributed by atoms with Crippen LogP contribution in [-0.2, 0) is 4.79 Å². The number of fused-ring (bicyclic) bond motifs is 1. The number of aromatic nitrogens is 1. The zero-order valence-corrected chi connectivity index (χ0v) is 13.6. The Kier molecular flexibility index (Phi) is 3.63. The van der Waals surface area contributed by atoms with E-state index < -0.39 is 0 Å². The Morgan fingerprint density at radius 1 is 1.21 bits per heavy atom. The minimum Gasteiger partial charge on any atom is -0.346 e. The number of hydrogen-bond donors (Lipinski definition) is 1. The quantitative estimate of drug-likeness (QED) is 0.798. The maximum atomic E-state index is 12.3. The van der Waals surface area contributed by atoms with E-state index in [0.717, 1.165) is 21.0 Å². The summed E-state index contributed by atoms with van der Waals surface area (Å²) in [5, 5.41) is 12.7. The molecule has 1 aliphatic heterocycles. The predicted octanol–water partition coefficient (Wildman–Crippen LogP) is 3.24. The molecule has 1 aromatic heterocycles. The van der Waals surface area contributed by atoms with Gasteiger partial charge in [0.1, 0.15) is 0 Å². The highest BCUT2D eigenvalue weighted by atomic mass is 32.1. The molecule has 1 saturated heterocycles.